The van der Waals surface area contributed by atoms with E-state index in [2.05, 4.69) is 13.2 Å². The first-order valence-corrected chi connectivity index (χ1v) is 5.72. The SMILES string of the molecule is C=CCN(CC=C)CC(=C(F)F)c1ccccc1. The van der Waals surface area contributed by atoms with Gasteiger partial charge in [0.1, 0.15) is 0 Å². The van der Waals surface area contributed by atoms with Crippen molar-refractivity contribution in [2.75, 3.05) is 19.6 Å². The fourth-order valence-corrected chi connectivity index (χ4v) is 1.69. The number of benzene rings is 1. The van der Waals surface area contributed by atoms with Crippen molar-refractivity contribution in [3.8, 4) is 0 Å². The van der Waals surface area contributed by atoms with Crippen molar-refractivity contribution < 1.29 is 8.78 Å². The highest BCUT2D eigenvalue weighted by molar-refractivity contribution is 5.67. The summed E-state index contributed by atoms with van der Waals surface area (Å²) >= 11 is 0. The molecule has 0 saturated heterocycles. The van der Waals surface area contributed by atoms with Crippen molar-refractivity contribution in [3.63, 3.8) is 0 Å². The Morgan fingerprint density at radius 1 is 1.06 bits per heavy atom. The van der Waals surface area contributed by atoms with Gasteiger partial charge in [0.05, 0.1) is 0 Å². The predicted molar refractivity (Wildman–Crippen MR) is 72.4 cm³/mol. The van der Waals surface area contributed by atoms with Crippen LogP contribution in [0.15, 0.2) is 61.7 Å². The van der Waals surface area contributed by atoms with Gasteiger partial charge in [0.25, 0.3) is 6.08 Å². The predicted octanol–water partition coefficient (Wildman–Crippen LogP) is 3.97. The van der Waals surface area contributed by atoms with Gasteiger partial charge < -0.3 is 0 Å². The van der Waals surface area contributed by atoms with E-state index in [1.165, 1.54) is 0 Å². The molecule has 0 unspecified atom stereocenters. The summed E-state index contributed by atoms with van der Waals surface area (Å²) in [6.45, 7) is 8.54. The van der Waals surface area contributed by atoms with Gasteiger partial charge >= 0.3 is 0 Å². The van der Waals surface area contributed by atoms with Crippen LogP contribution in [0, 0.1) is 0 Å². The van der Waals surface area contributed by atoms with Crippen LogP contribution in [0.1, 0.15) is 5.56 Å². The second kappa shape index (κ2) is 7.56. The molecule has 0 atom stereocenters. The quantitative estimate of drug-likeness (QED) is 0.661. The number of halogens is 2. The minimum Gasteiger partial charge on any atom is -0.292 e. The Kier molecular flexibility index (Phi) is 6.01. The monoisotopic (exact) mass is 249 g/mol. The maximum atomic E-state index is 13.0. The van der Waals surface area contributed by atoms with Crippen LogP contribution in [0.5, 0.6) is 0 Å². The Bertz CT molecular complexity index is 409. The van der Waals surface area contributed by atoms with Crippen LogP contribution in [-0.4, -0.2) is 24.5 Å². The Labute approximate surface area is 107 Å². The lowest BCUT2D eigenvalue weighted by molar-refractivity contribution is 0.364. The summed E-state index contributed by atoms with van der Waals surface area (Å²) in [5.74, 6) is 0. The lowest BCUT2D eigenvalue weighted by Gasteiger charge is -2.20. The molecule has 0 spiro atoms. The van der Waals surface area contributed by atoms with Crippen molar-refractivity contribution in [2.24, 2.45) is 0 Å². The van der Waals surface area contributed by atoms with Gasteiger partial charge in [-0.3, -0.25) is 4.90 Å². The topological polar surface area (TPSA) is 3.24 Å². The molecule has 0 amide bonds. The molecule has 0 aliphatic carbocycles. The average Bonchev–Trinajstić information content (AvgIpc) is 2.37. The third kappa shape index (κ3) is 4.26. The summed E-state index contributed by atoms with van der Waals surface area (Å²) in [5, 5.41) is 0. The Morgan fingerprint density at radius 3 is 2.06 bits per heavy atom. The normalized spacial score (nSPS) is 10.2. The maximum Gasteiger partial charge on any atom is 0.275 e. The molecule has 96 valence electrons. The summed E-state index contributed by atoms with van der Waals surface area (Å²) in [4.78, 5) is 1.85. The molecule has 0 N–H and O–H groups in total. The minimum absolute atomic E-state index is 0.0549. The van der Waals surface area contributed by atoms with Gasteiger partial charge in [0.2, 0.25) is 0 Å². The van der Waals surface area contributed by atoms with Crippen LogP contribution in [-0.2, 0) is 0 Å². The number of nitrogens with zero attached hydrogens (tertiary/aromatic N) is 1. The molecule has 1 rings (SSSR count). The van der Waals surface area contributed by atoms with Crippen molar-refractivity contribution in [1.29, 1.82) is 0 Å². The van der Waals surface area contributed by atoms with Crippen LogP contribution in [0.4, 0.5) is 8.78 Å². The number of rotatable bonds is 7. The molecule has 0 heterocycles. The molecule has 0 radical (unpaired) electrons. The fourth-order valence-electron chi connectivity index (χ4n) is 1.69. The zero-order valence-corrected chi connectivity index (χ0v) is 10.3. The molecule has 0 aliphatic rings. The van der Waals surface area contributed by atoms with E-state index < -0.39 is 6.08 Å². The fraction of sp³-hybridized carbons (Fsp3) is 0.200. The molecular formula is C15H17F2N. The summed E-state index contributed by atoms with van der Waals surface area (Å²) in [7, 11) is 0. The van der Waals surface area contributed by atoms with Gasteiger partial charge in [-0.25, -0.2) is 0 Å². The van der Waals surface area contributed by atoms with Crippen LogP contribution < -0.4 is 0 Å². The summed E-state index contributed by atoms with van der Waals surface area (Å²) in [6, 6.07) is 8.69. The summed E-state index contributed by atoms with van der Waals surface area (Å²) < 4.78 is 26.1. The van der Waals surface area contributed by atoms with E-state index in [4.69, 9.17) is 0 Å². The van der Waals surface area contributed by atoms with E-state index >= 15 is 0 Å². The van der Waals surface area contributed by atoms with Gasteiger partial charge in [-0.15, -0.1) is 13.2 Å². The zero-order chi connectivity index (χ0) is 13.4. The largest absolute Gasteiger partial charge is 0.292 e. The molecule has 0 saturated carbocycles. The molecule has 1 aromatic carbocycles. The van der Waals surface area contributed by atoms with Crippen molar-refractivity contribution in [1.82, 2.24) is 4.90 Å². The zero-order valence-electron chi connectivity index (χ0n) is 10.3. The molecular weight excluding hydrogens is 232 g/mol. The highest BCUT2D eigenvalue weighted by atomic mass is 19.3. The summed E-state index contributed by atoms with van der Waals surface area (Å²) in [5.41, 5.74) is 0.606. The maximum absolute atomic E-state index is 13.0. The molecule has 3 heteroatoms. The van der Waals surface area contributed by atoms with Crippen LogP contribution in [0.25, 0.3) is 5.57 Å². The Morgan fingerprint density at radius 2 is 1.61 bits per heavy atom. The van der Waals surface area contributed by atoms with Crippen LogP contribution >= 0.6 is 0 Å². The van der Waals surface area contributed by atoms with Crippen LogP contribution in [0.2, 0.25) is 0 Å². The second-order valence-corrected chi connectivity index (χ2v) is 3.88. The van der Waals surface area contributed by atoms with Gasteiger partial charge in [0.15, 0.2) is 0 Å². The third-order valence-electron chi connectivity index (χ3n) is 2.51. The third-order valence-corrected chi connectivity index (χ3v) is 2.51. The minimum atomic E-state index is -1.64. The number of hydrogen-bond donors (Lipinski definition) is 0. The molecule has 0 aliphatic heterocycles. The van der Waals surface area contributed by atoms with E-state index in [-0.39, 0.29) is 12.1 Å². The average molecular weight is 249 g/mol. The van der Waals surface area contributed by atoms with Crippen LogP contribution in [0.3, 0.4) is 0 Å². The van der Waals surface area contributed by atoms with Crippen molar-refractivity contribution >= 4 is 5.57 Å². The second-order valence-electron chi connectivity index (χ2n) is 3.88. The molecule has 18 heavy (non-hydrogen) atoms. The van der Waals surface area contributed by atoms with E-state index in [0.717, 1.165) is 0 Å². The smallest absolute Gasteiger partial charge is 0.275 e. The molecule has 0 bridgehead atoms. The van der Waals surface area contributed by atoms with Gasteiger partial charge in [-0.1, -0.05) is 42.5 Å². The first kappa shape index (κ1) is 14.3. The Balaban J connectivity index is 2.91. The standard InChI is InChI=1S/C15H17F2N/c1-3-10-18(11-4-2)12-14(15(16)17)13-8-6-5-7-9-13/h3-9H,1-2,10-12H2. The van der Waals surface area contributed by atoms with E-state index in [1.54, 1.807) is 36.4 Å². The molecule has 0 fully saturated rings. The summed E-state index contributed by atoms with van der Waals surface area (Å²) in [6.07, 6.45) is 1.75. The highest BCUT2D eigenvalue weighted by Gasteiger charge is 2.12. The molecule has 0 aromatic heterocycles. The Hall–Kier alpha value is -1.74. The van der Waals surface area contributed by atoms with Crippen molar-refractivity contribution in [2.45, 2.75) is 0 Å². The van der Waals surface area contributed by atoms with E-state index in [1.807, 2.05) is 11.0 Å². The molecule has 1 aromatic rings. The first-order chi connectivity index (χ1) is 8.69. The highest BCUT2D eigenvalue weighted by Crippen LogP contribution is 2.21. The first-order valence-electron chi connectivity index (χ1n) is 5.72. The van der Waals surface area contributed by atoms with Crippen molar-refractivity contribution in [3.05, 3.63) is 67.3 Å². The molecule has 1 nitrogen and oxygen atoms in total. The van der Waals surface area contributed by atoms with E-state index in [0.29, 0.717) is 18.7 Å². The van der Waals surface area contributed by atoms with E-state index in [9.17, 15) is 8.78 Å². The number of hydrogen-bond acceptors (Lipinski definition) is 1. The van der Waals surface area contributed by atoms with Gasteiger partial charge in [-0.05, 0) is 5.56 Å². The lowest BCUT2D eigenvalue weighted by Crippen LogP contribution is -2.26. The lowest BCUT2D eigenvalue weighted by atomic mass is 10.1. The van der Waals surface area contributed by atoms with Gasteiger partial charge in [-0.2, -0.15) is 8.78 Å². The van der Waals surface area contributed by atoms with Gasteiger partial charge in [0, 0.05) is 25.2 Å².